The van der Waals surface area contributed by atoms with Crippen molar-refractivity contribution in [3.63, 3.8) is 0 Å². The van der Waals surface area contributed by atoms with Crippen molar-refractivity contribution in [1.82, 2.24) is 10.2 Å². The van der Waals surface area contributed by atoms with Crippen LogP contribution in [0.15, 0.2) is 54.6 Å². The summed E-state index contributed by atoms with van der Waals surface area (Å²) in [6.45, 7) is 3.88. The number of nitrogens with zero attached hydrogens (tertiary/aromatic N) is 1. The van der Waals surface area contributed by atoms with Crippen molar-refractivity contribution < 1.29 is 24.2 Å². The molecule has 32 heavy (non-hydrogen) atoms. The predicted octanol–water partition coefficient (Wildman–Crippen LogP) is 2.57. The Morgan fingerprint density at radius 2 is 1.75 bits per heavy atom. The van der Waals surface area contributed by atoms with E-state index in [1.165, 1.54) is 4.90 Å². The number of ether oxygens (including phenoxy) is 1. The number of aryl methyl sites for hydroxylation is 1. The number of carboxylic acids is 1. The summed E-state index contributed by atoms with van der Waals surface area (Å²) in [4.78, 5) is 39.1. The van der Waals surface area contributed by atoms with Crippen LogP contribution in [0.3, 0.4) is 0 Å². The summed E-state index contributed by atoms with van der Waals surface area (Å²) in [7, 11) is 0. The first-order valence-electron chi connectivity index (χ1n) is 11.0. The zero-order valence-corrected chi connectivity index (χ0v) is 18.5. The number of fused-ring (bicyclic) bond motifs is 1. The minimum absolute atomic E-state index is 0.228. The zero-order valence-electron chi connectivity index (χ0n) is 18.5. The molecule has 0 radical (unpaired) electrons. The highest BCUT2D eigenvalue weighted by atomic mass is 16.5. The fraction of sp³-hybridized carbons (Fsp3) is 0.400. The molecule has 7 nitrogen and oxygen atoms in total. The van der Waals surface area contributed by atoms with Gasteiger partial charge in [-0.15, -0.1) is 0 Å². The normalized spacial score (nSPS) is 17.2. The summed E-state index contributed by atoms with van der Waals surface area (Å²) in [5.41, 5.74) is 2.97. The van der Waals surface area contributed by atoms with Crippen LogP contribution in [-0.4, -0.2) is 52.6 Å². The Morgan fingerprint density at radius 1 is 1.09 bits per heavy atom. The van der Waals surface area contributed by atoms with Crippen LogP contribution in [0.2, 0.25) is 0 Å². The smallest absolute Gasteiger partial charge is 0.326 e. The molecule has 2 N–H and O–H groups in total. The van der Waals surface area contributed by atoms with Crippen LogP contribution in [-0.2, 0) is 38.5 Å². The first-order chi connectivity index (χ1) is 15.4. The summed E-state index contributed by atoms with van der Waals surface area (Å²) in [5, 5.41) is 12.8. The van der Waals surface area contributed by atoms with E-state index in [-0.39, 0.29) is 25.5 Å². The van der Waals surface area contributed by atoms with Gasteiger partial charge in [-0.1, -0.05) is 54.6 Å². The second-order valence-corrected chi connectivity index (χ2v) is 8.01. The molecular formula is C25H30N2O5. The average molecular weight is 439 g/mol. The Hall–Kier alpha value is -3.19. The van der Waals surface area contributed by atoms with Crippen LogP contribution in [0.5, 0.6) is 0 Å². The zero-order chi connectivity index (χ0) is 23.1. The van der Waals surface area contributed by atoms with Crippen LogP contribution in [0.1, 0.15) is 37.0 Å². The molecule has 170 valence electrons. The molecule has 3 rings (SSSR count). The number of nitrogens with one attached hydrogen (secondary N) is 1. The van der Waals surface area contributed by atoms with Gasteiger partial charge in [0.2, 0.25) is 5.91 Å². The highest BCUT2D eigenvalue weighted by molar-refractivity contribution is 5.88. The minimum atomic E-state index is -1.04. The summed E-state index contributed by atoms with van der Waals surface area (Å²) >= 11 is 0. The molecule has 3 atom stereocenters. The standard InChI is InChI=1S/C25H30N2O5/c1-3-32-25(31)21(14-13-18-9-5-4-6-10-18)26-17(2)23(28)27-16-20-12-8-7-11-19(20)15-22(27)24(29)30/h4-12,17,21-22,26H,3,13-16H2,1-2H3,(H,29,30)/t17-,21-,22-/m1/s1. The van der Waals surface area contributed by atoms with Gasteiger partial charge in [0, 0.05) is 13.0 Å². The number of carboxylic acid groups (broad SMARTS) is 1. The summed E-state index contributed by atoms with van der Waals surface area (Å²) in [6, 6.07) is 15.0. The Kier molecular flexibility index (Phi) is 8.00. The van der Waals surface area contributed by atoms with Crippen molar-refractivity contribution in [2.45, 2.75) is 57.8 Å². The van der Waals surface area contributed by atoms with E-state index < -0.39 is 30.1 Å². The number of esters is 1. The maximum absolute atomic E-state index is 13.3. The fourth-order valence-electron chi connectivity index (χ4n) is 4.06. The molecule has 0 aromatic heterocycles. The number of carbonyl (C=O) groups is 3. The molecule has 1 heterocycles. The van der Waals surface area contributed by atoms with Crippen LogP contribution in [0.25, 0.3) is 0 Å². The molecular weight excluding hydrogens is 408 g/mol. The first kappa shape index (κ1) is 23.5. The number of hydrogen-bond donors (Lipinski definition) is 2. The molecule has 0 fully saturated rings. The van der Waals surface area contributed by atoms with Crippen molar-refractivity contribution in [1.29, 1.82) is 0 Å². The van der Waals surface area contributed by atoms with E-state index in [2.05, 4.69) is 5.32 Å². The number of benzene rings is 2. The van der Waals surface area contributed by atoms with Gasteiger partial charge in [0.05, 0.1) is 12.6 Å². The fourth-order valence-corrected chi connectivity index (χ4v) is 4.06. The van der Waals surface area contributed by atoms with Gasteiger partial charge < -0.3 is 14.7 Å². The molecule has 2 aromatic rings. The van der Waals surface area contributed by atoms with Crippen molar-refractivity contribution in [3.05, 3.63) is 71.3 Å². The molecule has 0 spiro atoms. The van der Waals surface area contributed by atoms with Gasteiger partial charge in [-0.2, -0.15) is 0 Å². The quantitative estimate of drug-likeness (QED) is 0.584. The van der Waals surface area contributed by atoms with E-state index in [9.17, 15) is 19.5 Å². The van der Waals surface area contributed by atoms with Gasteiger partial charge in [-0.05, 0) is 43.4 Å². The number of aliphatic carboxylic acids is 1. The van der Waals surface area contributed by atoms with Gasteiger partial charge in [0.25, 0.3) is 0 Å². The number of carbonyl (C=O) groups excluding carboxylic acids is 2. The third kappa shape index (κ3) is 5.73. The highest BCUT2D eigenvalue weighted by Crippen LogP contribution is 2.24. The molecule has 1 aliphatic rings. The molecule has 0 saturated heterocycles. The summed E-state index contributed by atoms with van der Waals surface area (Å²) < 4.78 is 5.20. The largest absolute Gasteiger partial charge is 0.480 e. The van der Waals surface area contributed by atoms with Crippen LogP contribution < -0.4 is 5.32 Å². The Morgan fingerprint density at radius 3 is 2.41 bits per heavy atom. The Balaban J connectivity index is 1.72. The maximum Gasteiger partial charge on any atom is 0.326 e. The van der Waals surface area contributed by atoms with E-state index >= 15 is 0 Å². The number of hydrogen-bond acceptors (Lipinski definition) is 5. The predicted molar refractivity (Wildman–Crippen MR) is 120 cm³/mol. The molecule has 7 heteroatoms. The SMILES string of the molecule is CCOC(=O)[C@@H](CCc1ccccc1)N[C@H](C)C(=O)N1Cc2ccccc2C[C@@H]1C(=O)O. The van der Waals surface area contributed by atoms with Gasteiger partial charge >= 0.3 is 11.9 Å². The van der Waals surface area contributed by atoms with Crippen LogP contribution in [0.4, 0.5) is 0 Å². The average Bonchev–Trinajstić information content (AvgIpc) is 2.80. The monoisotopic (exact) mass is 438 g/mol. The molecule has 1 aliphatic heterocycles. The van der Waals surface area contributed by atoms with E-state index in [1.54, 1.807) is 13.8 Å². The molecule has 2 aromatic carbocycles. The van der Waals surface area contributed by atoms with Crippen molar-refractivity contribution >= 4 is 17.8 Å². The van der Waals surface area contributed by atoms with E-state index in [4.69, 9.17) is 4.74 Å². The second kappa shape index (κ2) is 10.9. The van der Waals surface area contributed by atoms with Gasteiger partial charge in [0.15, 0.2) is 0 Å². The molecule has 0 saturated carbocycles. The lowest BCUT2D eigenvalue weighted by Crippen LogP contribution is -2.56. The highest BCUT2D eigenvalue weighted by Gasteiger charge is 2.37. The van der Waals surface area contributed by atoms with Crippen molar-refractivity contribution in [2.24, 2.45) is 0 Å². The Labute approximate surface area is 188 Å². The first-order valence-corrected chi connectivity index (χ1v) is 11.0. The van der Waals surface area contributed by atoms with E-state index in [1.807, 2.05) is 54.6 Å². The maximum atomic E-state index is 13.3. The number of amides is 1. The third-order valence-electron chi connectivity index (χ3n) is 5.77. The van der Waals surface area contributed by atoms with Gasteiger partial charge in [0.1, 0.15) is 12.1 Å². The number of rotatable bonds is 9. The topological polar surface area (TPSA) is 95.9 Å². The van der Waals surface area contributed by atoms with Crippen LogP contribution in [0, 0.1) is 0 Å². The summed E-state index contributed by atoms with van der Waals surface area (Å²) in [5.74, 6) is -1.80. The van der Waals surface area contributed by atoms with E-state index in [0.29, 0.717) is 12.8 Å². The van der Waals surface area contributed by atoms with Gasteiger partial charge in [-0.25, -0.2) is 4.79 Å². The molecule has 0 aliphatic carbocycles. The van der Waals surface area contributed by atoms with Crippen molar-refractivity contribution in [3.8, 4) is 0 Å². The Bertz CT molecular complexity index is 946. The van der Waals surface area contributed by atoms with Crippen molar-refractivity contribution in [2.75, 3.05) is 6.61 Å². The second-order valence-electron chi connectivity index (χ2n) is 8.01. The van der Waals surface area contributed by atoms with Crippen LogP contribution >= 0.6 is 0 Å². The lowest BCUT2D eigenvalue weighted by molar-refractivity contribution is -0.153. The molecule has 0 bridgehead atoms. The van der Waals surface area contributed by atoms with Gasteiger partial charge in [-0.3, -0.25) is 14.9 Å². The lowest BCUT2D eigenvalue weighted by atomic mass is 9.93. The molecule has 1 amide bonds. The minimum Gasteiger partial charge on any atom is -0.480 e. The molecule has 0 unspecified atom stereocenters. The third-order valence-corrected chi connectivity index (χ3v) is 5.77. The summed E-state index contributed by atoms with van der Waals surface area (Å²) in [6.07, 6.45) is 1.37. The lowest BCUT2D eigenvalue weighted by Gasteiger charge is -2.36. The van der Waals surface area contributed by atoms with E-state index in [0.717, 1.165) is 16.7 Å².